The van der Waals surface area contributed by atoms with Crippen molar-refractivity contribution < 1.29 is 0 Å². The summed E-state index contributed by atoms with van der Waals surface area (Å²) in [7, 11) is 0. The Morgan fingerprint density at radius 1 is 1.42 bits per heavy atom. The minimum absolute atomic E-state index is 0.682. The van der Waals surface area contributed by atoms with Crippen LogP contribution in [0.15, 0.2) is 0 Å². The van der Waals surface area contributed by atoms with Gasteiger partial charge in [-0.3, -0.25) is 5.10 Å². The third-order valence-corrected chi connectivity index (χ3v) is 2.04. The van der Waals surface area contributed by atoms with Gasteiger partial charge in [-0.25, -0.2) is 0 Å². The molecule has 1 heterocycles. The summed E-state index contributed by atoms with van der Waals surface area (Å²) in [4.78, 5) is 0. The van der Waals surface area contributed by atoms with E-state index in [9.17, 15) is 0 Å². The molecule has 0 fully saturated rings. The molecule has 0 spiro atoms. The van der Waals surface area contributed by atoms with Gasteiger partial charge in [0.25, 0.3) is 0 Å². The van der Waals surface area contributed by atoms with Crippen molar-refractivity contribution in [3.05, 3.63) is 17.0 Å². The molecular weight excluding hydrogens is 150 g/mol. The van der Waals surface area contributed by atoms with E-state index in [-0.39, 0.29) is 0 Å². The third-order valence-electron chi connectivity index (χ3n) is 2.04. The molecule has 0 saturated carbocycles. The average Bonchev–Trinajstić information content (AvgIpc) is 2.37. The first-order chi connectivity index (χ1) is 5.79. The molecule has 0 radical (unpaired) electrons. The van der Waals surface area contributed by atoms with E-state index in [1.54, 1.807) is 0 Å². The number of nitrogens with zero attached hydrogens (tertiary/aromatic N) is 1. The van der Waals surface area contributed by atoms with Crippen molar-refractivity contribution in [3.8, 4) is 0 Å². The summed E-state index contributed by atoms with van der Waals surface area (Å²) >= 11 is 0. The fourth-order valence-corrected chi connectivity index (χ4v) is 1.43. The van der Waals surface area contributed by atoms with Gasteiger partial charge < -0.3 is 5.73 Å². The molecule has 0 unspecified atom stereocenters. The van der Waals surface area contributed by atoms with Gasteiger partial charge in [0.15, 0.2) is 0 Å². The number of aromatic amines is 1. The van der Waals surface area contributed by atoms with Crippen molar-refractivity contribution in [2.75, 3.05) is 6.54 Å². The summed E-state index contributed by atoms with van der Waals surface area (Å²) in [6.07, 6.45) is 3.16. The van der Waals surface area contributed by atoms with E-state index in [0.29, 0.717) is 6.54 Å². The third kappa shape index (κ3) is 1.85. The number of aromatic nitrogens is 2. The zero-order chi connectivity index (χ0) is 8.97. The number of nitrogens with two attached hydrogens (primary N) is 1. The second kappa shape index (κ2) is 4.26. The Morgan fingerprint density at radius 2 is 2.17 bits per heavy atom. The molecule has 3 heteroatoms. The van der Waals surface area contributed by atoms with E-state index >= 15 is 0 Å². The van der Waals surface area contributed by atoms with E-state index < -0.39 is 0 Å². The van der Waals surface area contributed by atoms with Gasteiger partial charge in [0.1, 0.15) is 0 Å². The maximum absolute atomic E-state index is 5.48. The average molecular weight is 167 g/mol. The van der Waals surface area contributed by atoms with E-state index in [2.05, 4.69) is 24.0 Å². The molecule has 0 saturated heterocycles. The first kappa shape index (κ1) is 9.26. The molecule has 0 amide bonds. The fourth-order valence-electron chi connectivity index (χ4n) is 1.43. The Balaban J connectivity index is 2.80. The van der Waals surface area contributed by atoms with Crippen molar-refractivity contribution >= 4 is 0 Å². The lowest BCUT2D eigenvalue weighted by Gasteiger charge is -1.99. The van der Waals surface area contributed by atoms with E-state index in [1.165, 1.54) is 11.3 Å². The largest absolute Gasteiger partial charge is 0.330 e. The van der Waals surface area contributed by atoms with Crippen LogP contribution in [0.4, 0.5) is 0 Å². The van der Waals surface area contributed by atoms with Crippen LogP contribution >= 0.6 is 0 Å². The molecule has 1 aromatic heterocycles. The lowest BCUT2D eigenvalue weighted by molar-refractivity contribution is 0.858. The number of nitrogens with one attached hydrogen (secondary N) is 1. The van der Waals surface area contributed by atoms with Crippen LogP contribution in [0.3, 0.4) is 0 Å². The maximum atomic E-state index is 5.48. The predicted molar refractivity (Wildman–Crippen MR) is 50.1 cm³/mol. The fraction of sp³-hybridized carbons (Fsp3) is 0.667. The molecule has 1 rings (SSSR count). The standard InChI is InChI=1S/C9H17N3/c1-3-4-8-7(2)11-12-9(8)5-6-10/h3-6,10H2,1-2H3,(H,11,12). The summed E-state index contributed by atoms with van der Waals surface area (Å²) in [5.74, 6) is 0. The summed E-state index contributed by atoms with van der Waals surface area (Å²) in [5.41, 5.74) is 9.19. The van der Waals surface area contributed by atoms with Crippen molar-refractivity contribution in [1.29, 1.82) is 0 Å². The highest BCUT2D eigenvalue weighted by Gasteiger charge is 2.07. The number of rotatable bonds is 4. The zero-order valence-electron chi connectivity index (χ0n) is 7.85. The Labute approximate surface area is 73.4 Å². The van der Waals surface area contributed by atoms with Crippen LogP contribution in [0.2, 0.25) is 0 Å². The summed E-state index contributed by atoms with van der Waals surface area (Å²) in [6, 6.07) is 0. The Bertz CT molecular complexity index is 240. The van der Waals surface area contributed by atoms with Crippen LogP contribution in [-0.2, 0) is 12.8 Å². The predicted octanol–water partition coefficient (Wildman–Crippen LogP) is 1.17. The summed E-state index contributed by atoms with van der Waals surface area (Å²) in [6.45, 7) is 4.93. The number of hydrogen-bond acceptors (Lipinski definition) is 2. The van der Waals surface area contributed by atoms with Crippen LogP contribution in [0.25, 0.3) is 0 Å². The van der Waals surface area contributed by atoms with Gasteiger partial charge in [-0.2, -0.15) is 5.10 Å². The Hall–Kier alpha value is -0.830. The highest BCUT2D eigenvalue weighted by atomic mass is 15.1. The minimum Gasteiger partial charge on any atom is -0.330 e. The summed E-state index contributed by atoms with van der Waals surface area (Å²) in [5, 5.41) is 7.22. The number of H-pyrrole nitrogens is 1. The van der Waals surface area contributed by atoms with Gasteiger partial charge in [-0.05, 0) is 25.5 Å². The van der Waals surface area contributed by atoms with Crippen LogP contribution < -0.4 is 5.73 Å². The normalized spacial score (nSPS) is 10.6. The van der Waals surface area contributed by atoms with Crippen LogP contribution in [0.5, 0.6) is 0 Å². The minimum atomic E-state index is 0.682. The Morgan fingerprint density at radius 3 is 2.75 bits per heavy atom. The highest BCUT2D eigenvalue weighted by molar-refractivity contribution is 5.24. The quantitative estimate of drug-likeness (QED) is 0.707. The van der Waals surface area contributed by atoms with Crippen molar-refractivity contribution in [3.63, 3.8) is 0 Å². The lowest BCUT2D eigenvalue weighted by Crippen LogP contribution is -2.05. The first-order valence-corrected chi connectivity index (χ1v) is 4.52. The Kier molecular flexibility index (Phi) is 3.29. The lowest BCUT2D eigenvalue weighted by atomic mass is 10.1. The van der Waals surface area contributed by atoms with E-state index in [1.807, 2.05) is 0 Å². The van der Waals surface area contributed by atoms with Crippen LogP contribution in [-0.4, -0.2) is 16.7 Å². The molecular formula is C9H17N3. The highest BCUT2D eigenvalue weighted by Crippen LogP contribution is 2.12. The number of aryl methyl sites for hydroxylation is 1. The van der Waals surface area contributed by atoms with Gasteiger partial charge in [-0.1, -0.05) is 13.3 Å². The molecule has 0 aliphatic heterocycles. The molecule has 68 valence electrons. The van der Waals surface area contributed by atoms with Gasteiger partial charge in [0.2, 0.25) is 0 Å². The van der Waals surface area contributed by atoms with E-state index in [0.717, 1.165) is 25.0 Å². The van der Waals surface area contributed by atoms with Gasteiger partial charge in [0, 0.05) is 12.1 Å². The molecule has 0 aliphatic rings. The second-order valence-electron chi connectivity index (χ2n) is 3.06. The van der Waals surface area contributed by atoms with Gasteiger partial charge in [-0.15, -0.1) is 0 Å². The SMILES string of the molecule is CCCc1c(CCN)n[nH]c1C. The van der Waals surface area contributed by atoms with Crippen LogP contribution in [0, 0.1) is 6.92 Å². The molecule has 0 bridgehead atoms. The molecule has 3 nitrogen and oxygen atoms in total. The molecule has 1 aromatic rings. The second-order valence-corrected chi connectivity index (χ2v) is 3.06. The molecule has 3 N–H and O–H groups in total. The monoisotopic (exact) mass is 167 g/mol. The summed E-state index contributed by atoms with van der Waals surface area (Å²) < 4.78 is 0. The molecule has 0 aromatic carbocycles. The number of hydrogen-bond donors (Lipinski definition) is 2. The van der Waals surface area contributed by atoms with Gasteiger partial charge in [0.05, 0.1) is 5.69 Å². The molecule has 0 atom stereocenters. The van der Waals surface area contributed by atoms with Crippen molar-refractivity contribution in [2.45, 2.75) is 33.1 Å². The maximum Gasteiger partial charge on any atom is 0.0669 e. The molecule has 0 aliphatic carbocycles. The smallest absolute Gasteiger partial charge is 0.0669 e. The van der Waals surface area contributed by atoms with Crippen molar-refractivity contribution in [1.82, 2.24) is 10.2 Å². The zero-order valence-corrected chi connectivity index (χ0v) is 7.85. The molecule has 12 heavy (non-hydrogen) atoms. The van der Waals surface area contributed by atoms with E-state index in [4.69, 9.17) is 5.73 Å². The topological polar surface area (TPSA) is 54.7 Å². The van der Waals surface area contributed by atoms with Gasteiger partial charge >= 0.3 is 0 Å². The first-order valence-electron chi connectivity index (χ1n) is 4.52. The van der Waals surface area contributed by atoms with Crippen LogP contribution in [0.1, 0.15) is 30.3 Å². The van der Waals surface area contributed by atoms with Crippen molar-refractivity contribution in [2.24, 2.45) is 5.73 Å².